The van der Waals surface area contributed by atoms with E-state index in [1.807, 2.05) is 6.20 Å². The van der Waals surface area contributed by atoms with Gasteiger partial charge in [0.1, 0.15) is 0 Å². The monoisotopic (exact) mass is 246 g/mol. The van der Waals surface area contributed by atoms with Crippen molar-refractivity contribution < 1.29 is 0 Å². The number of anilines is 1. The zero-order chi connectivity index (χ0) is 12.6. The number of piperidine rings is 1. The van der Waals surface area contributed by atoms with Gasteiger partial charge in [0.25, 0.3) is 0 Å². The van der Waals surface area contributed by atoms with E-state index in [4.69, 9.17) is 5.73 Å². The number of aromatic amines is 1. The topological polar surface area (TPSA) is 83.7 Å². The van der Waals surface area contributed by atoms with Crippen LogP contribution in [0.4, 0.5) is 5.95 Å². The second-order valence-corrected chi connectivity index (χ2v) is 5.35. The quantitative estimate of drug-likeness (QED) is 0.823. The lowest BCUT2D eigenvalue weighted by Gasteiger charge is -2.38. The minimum atomic E-state index is 0.272. The highest BCUT2D eigenvalue weighted by molar-refractivity contribution is 5.73. The minimum Gasteiger partial charge on any atom is -0.341 e. The first kappa shape index (κ1) is 11.4. The molecule has 96 valence electrons. The number of rotatable bonds is 2. The van der Waals surface area contributed by atoms with Gasteiger partial charge in [-0.15, -0.1) is 0 Å². The van der Waals surface area contributed by atoms with Gasteiger partial charge in [-0.3, -0.25) is 5.10 Å². The molecule has 0 saturated carbocycles. The summed E-state index contributed by atoms with van der Waals surface area (Å²) < 4.78 is 0. The van der Waals surface area contributed by atoms with Gasteiger partial charge in [-0.1, -0.05) is 6.92 Å². The van der Waals surface area contributed by atoms with Gasteiger partial charge in [-0.05, 0) is 24.8 Å². The molecular formula is C12H18N6. The number of hydrogen-bond acceptors (Lipinski definition) is 5. The van der Waals surface area contributed by atoms with E-state index in [2.05, 4.69) is 32.0 Å². The number of fused-ring (bicyclic) bond motifs is 1. The van der Waals surface area contributed by atoms with Crippen molar-refractivity contribution in [3.63, 3.8) is 0 Å². The van der Waals surface area contributed by atoms with Crippen molar-refractivity contribution in [2.24, 2.45) is 11.1 Å². The number of H-pyrrole nitrogens is 1. The van der Waals surface area contributed by atoms with Gasteiger partial charge < -0.3 is 10.6 Å². The number of hydrogen-bond donors (Lipinski definition) is 2. The van der Waals surface area contributed by atoms with E-state index in [1.54, 1.807) is 6.20 Å². The fourth-order valence-electron chi connectivity index (χ4n) is 2.33. The van der Waals surface area contributed by atoms with Crippen molar-refractivity contribution in [2.75, 3.05) is 24.5 Å². The zero-order valence-electron chi connectivity index (χ0n) is 10.6. The molecule has 6 nitrogen and oxygen atoms in total. The summed E-state index contributed by atoms with van der Waals surface area (Å²) in [5, 5.41) is 7.79. The van der Waals surface area contributed by atoms with Gasteiger partial charge in [-0.25, -0.2) is 4.98 Å². The van der Waals surface area contributed by atoms with E-state index in [0.717, 1.165) is 49.5 Å². The first-order valence-corrected chi connectivity index (χ1v) is 6.31. The minimum absolute atomic E-state index is 0.272. The van der Waals surface area contributed by atoms with Gasteiger partial charge in [-0.2, -0.15) is 10.1 Å². The predicted octanol–water partition coefficient (Wildman–Crippen LogP) is 0.918. The first-order chi connectivity index (χ1) is 8.70. The molecule has 3 N–H and O–H groups in total. The highest BCUT2D eigenvalue weighted by Gasteiger charge is 2.29. The van der Waals surface area contributed by atoms with Gasteiger partial charge in [0.2, 0.25) is 5.95 Å². The molecule has 1 aliphatic rings. The normalized spacial score (nSPS) is 19.3. The Bertz CT molecular complexity index is 540. The van der Waals surface area contributed by atoms with E-state index in [0.29, 0.717) is 0 Å². The maximum atomic E-state index is 5.82. The Morgan fingerprint density at radius 1 is 1.39 bits per heavy atom. The van der Waals surface area contributed by atoms with Crippen molar-refractivity contribution in [2.45, 2.75) is 19.8 Å². The number of nitrogens with two attached hydrogens (primary N) is 1. The fraction of sp³-hybridized carbons (Fsp3) is 0.583. The Balaban J connectivity index is 1.79. The molecule has 2 aromatic heterocycles. The molecule has 0 aliphatic carbocycles. The maximum Gasteiger partial charge on any atom is 0.227 e. The average molecular weight is 246 g/mol. The molecule has 3 rings (SSSR count). The van der Waals surface area contributed by atoms with Crippen molar-refractivity contribution in [1.82, 2.24) is 20.2 Å². The van der Waals surface area contributed by atoms with E-state index >= 15 is 0 Å². The maximum absolute atomic E-state index is 5.82. The van der Waals surface area contributed by atoms with E-state index < -0.39 is 0 Å². The van der Waals surface area contributed by atoms with Crippen molar-refractivity contribution in [3.05, 3.63) is 12.4 Å². The first-order valence-electron chi connectivity index (χ1n) is 6.31. The molecular weight excluding hydrogens is 228 g/mol. The molecule has 0 bridgehead atoms. The molecule has 2 aromatic rings. The Labute approximate surface area is 106 Å². The largest absolute Gasteiger partial charge is 0.341 e. The average Bonchev–Trinajstić information content (AvgIpc) is 2.87. The predicted molar refractivity (Wildman–Crippen MR) is 70.3 cm³/mol. The molecule has 0 atom stereocenters. The SMILES string of the molecule is CC1(CN)CCN(c2ncc3cn[nH]c3n2)CC1. The Morgan fingerprint density at radius 3 is 2.89 bits per heavy atom. The third kappa shape index (κ3) is 1.92. The standard InChI is InChI=1S/C12H18N6/c1-12(8-13)2-4-18(5-3-12)11-14-6-9-7-15-17-10(9)16-11/h6-7H,2-5,8,13H2,1H3,(H,14,15,16,17). The van der Waals surface area contributed by atoms with Crippen molar-refractivity contribution in [3.8, 4) is 0 Å². The molecule has 18 heavy (non-hydrogen) atoms. The Morgan fingerprint density at radius 2 is 2.17 bits per heavy atom. The lowest BCUT2D eigenvalue weighted by atomic mass is 9.81. The lowest BCUT2D eigenvalue weighted by Crippen LogP contribution is -2.42. The van der Waals surface area contributed by atoms with Crippen LogP contribution in [0, 0.1) is 5.41 Å². The molecule has 0 amide bonds. The highest BCUT2D eigenvalue weighted by atomic mass is 15.3. The van der Waals surface area contributed by atoms with Crippen LogP contribution in [0.25, 0.3) is 11.0 Å². The second-order valence-electron chi connectivity index (χ2n) is 5.35. The van der Waals surface area contributed by atoms with Crippen LogP contribution in [0.3, 0.4) is 0 Å². The fourth-order valence-corrected chi connectivity index (χ4v) is 2.33. The molecule has 1 saturated heterocycles. The summed E-state index contributed by atoms with van der Waals surface area (Å²) in [5.41, 5.74) is 6.89. The summed E-state index contributed by atoms with van der Waals surface area (Å²) in [6, 6.07) is 0. The number of aromatic nitrogens is 4. The van der Waals surface area contributed by atoms with Crippen molar-refractivity contribution in [1.29, 1.82) is 0 Å². The van der Waals surface area contributed by atoms with Crippen LogP contribution in [0.15, 0.2) is 12.4 Å². The van der Waals surface area contributed by atoms with Crippen LogP contribution in [0.1, 0.15) is 19.8 Å². The molecule has 3 heterocycles. The smallest absolute Gasteiger partial charge is 0.227 e. The van der Waals surface area contributed by atoms with Gasteiger partial charge >= 0.3 is 0 Å². The van der Waals surface area contributed by atoms with Crippen LogP contribution in [-0.2, 0) is 0 Å². The molecule has 0 spiro atoms. The van der Waals surface area contributed by atoms with Gasteiger partial charge in [0.15, 0.2) is 5.65 Å². The van der Waals surface area contributed by atoms with Crippen LogP contribution in [0.5, 0.6) is 0 Å². The summed E-state index contributed by atoms with van der Waals surface area (Å²) in [7, 11) is 0. The van der Waals surface area contributed by atoms with Gasteiger partial charge in [0, 0.05) is 19.3 Å². The third-order valence-corrected chi connectivity index (χ3v) is 3.92. The molecule has 0 aromatic carbocycles. The lowest BCUT2D eigenvalue weighted by molar-refractivity contribution is 0.257. The van der Waals surface area contributed by atoms with Crippen molar-refractivity contribution >= 4 is 17.0 Å². The molecule has 0 unspecified atom stereocenters. The Kier molecular flexibility index (Phi) is 2.66. The van der Waals surface area contributed by atoms with Crippen LogP contribution >= 0.6 is 0 Å². The summed E-state index contributed by atoms with van der Waals surface area (Å²) in [6.07, 6.45) is 5.74. The molecule has 1 aliphatic heterocycles. The molecule has 1 fully saturated rings. The summed E-state index contributed by atoms with van der Waals surface area (Å²) in [6.45, 7) is 4.94. The van der Waals surface area contributed by atoms with Crippen LogP contribution in [-0.4, -0.2) is 39.8 Å². The third-order valence-electron chi connectivity index (χ3n) is 3.92. The van der Waals surface area contributed by atoms with E-state index in [1.165, 1.54) is 0 Å². The summed E-state index contributed by atoms with van der Waals surface area (Å²) in [4.78, 5) is 11.1. The number of nitrogens with zero attached hydrogens (tertiary/aromatic N) is 4. The van der Waals surface area contributed by atoms with E-state index in [-0.39, 0.29) is 5.41 Å². The van der Waals surface area contributed by atoms with Crippen LogP contribution in [0.2, 0.25) is 0 Å². The highest BCUT2D eigenvalue weighted by Crippen LogP contribution is 2.30. The van der Waals surface area contributed by atoms with Crippen LogP contribution < -0.4 is 10.6 Å². The Hall–Kier alpha value is -1.69. The zero-order valence-corrected chi connectivity index (χ0v) is 10.6. The number of nitrogens with one attached hydrogen (secondary N) is 1. The summed E-state index contributed by atoms with van der Waals surface area (Å²) >= 11 is 0. The van der Waals surface area contributed by atoms with Gasteiger partial charge in [0.05, 0.1) is 11.6 Å². The molecule has 6 heteroatoms. The second kappa shape index (κ2) is 4.20. The summed E-state index contributed by atoms with van der Waals surface area (Å²) in [5.74, 6) is 0.783. The molecule has 0 radical (unpaired) electrons. The van der Waals surface area contributed by atoms with E-state index in [9.17, 15) is 0 Å².